The van der Waals surface area contributed by atoms with Crippen molar-refractivity contribution in [2.75, 3.05) is 11.9 Å². The van der Waals surface area contributed by atoms with E-state index in [-0.39, 0.29) is 57.0 Å². The van der Waals surface area contributed by atoms with Crippen LogP contribution in [-0.2, 0) is 86.5 Å². The molecule has 0 aromatic heterocycles. The van der Waals surface area contributed by atoms with Crippen molar-refractivity contribution in [3.05, 3.63) is 138 Å². The van der Waals surface area contributed by atoms with E-state index < -0.39 is 104 Å². The molecule has 0 radical (unpaired) electrons. The average Bonchev–Trinajstić information content (AvgIpc) is 0.791. The lowest BCUT2D eigenvalue weighted by Gasteiger charge is -2.44. The fourth-order valence-electron chi connectivity index (χ4n) is 11.8. The normalized spacial score (nSPS) is 16.1. The minimum Gasteiger partial charge on any atom is -0.461 e. The molecule has 4 aromatic carbocycles. The van der Waals surface area contributed by atoms with Crippen LogP contribution in [0.15, 0.2) is 115 Å². The molecular formula is C80H115N3O16. The fourth-order valence-corrected chi connectivity index (χ4v) is 11.8. The third-order valence-electron chi connectivity index (χ3n) is 17.7. The van der Waals surface area contributed by atoms with Gasteiger partial charge in [-0.2, -0.15) is 0 Å². The number of nitrogens with one attached hydrogen (secondary N) is 3. The van der Waals surface area contributed by atoms with E-state index in [1.54, 1.807) is 84.9 Å². The summed E-state index contributed by atoms with van der Waals surface area (Å²) >= 11 is 0. The Morgan fingerprint density at radius 1 is 0.455 bits per heavy atom. The van der Waals surface area contributed by atoms with Gasteiger partial charge in [-0.25, -0.2) is 4.79 Å². The Labute approximate surface area is 589 Å². The van der Waals surface area contributed by atoms with E-state index in [9.17, 15) is 43.5 Å². The maximum Gasteiger partial charge on any atom is 0.328 e. The van der Waals surface area contributed by atoms with Gasteiger partial charge in [-0.1, -0.05) is 266 Å². The molecule has 19 nitrogen and oxygen atoms in total. The van der Waals surface area contributed by atoms with Crippen LogP contribution in [0.1, 0.15) is 266 Å². The standard InChI is InChI=1S/C80H115N3O16/c1-4-7-10-13-15-17-19-21-23-26-38-47-70(85)83-75-77(99-72(87)48-39-27-24-22-20-18-16-14-11-8-5-2)76(90)68(98-80(75)97-66(55-73(88)94-58-62-42-33-29-34-43-62)56-74(89)95-59-63-44-35-30-36-45-63)60-96-79(92)67(53-54-71(86)93-57-61-40-31-28-32-41-61)82-78(91)64-49-51-65(52-50-64)81-69(84)46-37-25-12-9-6-3/h28-36,40-45,49-52,66-68,75-77,80,90H,4-27,37-39,46-48,53-60H2,1-3H3,(H,81,84)(H,82,91)(H,83,85)/t67-,68-,75-,76-,77-,80+/m1/s1. The Morgan fingerprint density at radius 3 is 1.32 bits per heavy atom. The lowest BCUT2D eigenvalue weighted by Crippen LogP contribution is -2.66. The fraction of sp³-hybridized carbons (Fsp3) is 0.600. The van der Waals surface area contributed by atoms with Gasteiger partial charge in [0, 0.05) is 36.9 Å². The number of carbonyl (C=O) groups is 8. The van der Waals surface area contributed by atoms with Crippen molar-refractivity contribution >= 4 is 53.3 Å². The minimum absolute atomic E-state index is 0.0273. The predicted molar refractivity (Wildman–Crippen MR) is 381 cm³/mol. The van der Waals surface area contributed by atoms with Gasteiger partial charge >= 0.3 is 29.8 Å². The molecule has 0 saturated carbocycles. The van der Waals surface area contributed by atoms with E-state index in [1.165, 1.54) is 76.3 Å². The average molecular weight is 1370 g/mol. The number of amides is 3. The summed E-state index contributed by atoms with van der Waals surface area (Å²) < 4.78 is 42.2. The first-order chi connectivity index (χ1) is 48.2. The maximum absolute atomic E-state index is 14.6. The smallest absolute Gasteiger partial charge is 0.328 e. The number of hydrogen-bond acceptors (Lipinski definition) is 16. The van der Waals surface area contributed by atoms with Crippen molar-refractivity contribution in [1.82, 2.24) is 10.6 Å². The molecule has 546 valence electrons. The van der Waals surface area contributed by atoms with Crippen LogP contribution in [0.5, 0.6) is 0 Å². The molecule has 1 fully saturated rings. The Morgan fingerprint density at radius 2 is 0.869 bits per heavy atom. The van der Waals surface area contributed by atoms with Crippen LogP contribution < -0.4 is 16.0 Å². The zero-order chi connectivity index (χ0) is 70.9. The summed E-state index contributed by atoms with van der Waals surface area (Å²) in [5.74, 6) is -5.23. The van der Waals surface area contributed by atoms with Gasteiger partial charge in [-0.05, 0) is 66.6 Å². The first-order valence-corrected chi connectivity index (χ1v) is 37.2. The van der Waals surface area contributed by atoms with Gasteiger partial charge < -0.3 is 54.2 Å². The second kappa shape index (κ2) is 50.8. The Balaban J connectivity index is 1.42. The third kappa shape index (κ3) is 35.9. The summed E-state index contributed by atoms with van der Waals surface area (Å²) in [5, 5.41) is 21.0. The summed E-state index contributed by atoms with van der Waals surface area (Å²) in [4.78, 5) is 111. The molecular weight excluding hydrogens is 1260 g/mol. The van der Waals surface area contributed by atoms with E-state index in [0.717, 1.165) is 102 Å². The van der Waals surface area contributed by atoms with E-state index in [2.05, 4.69) is 36.7 Å². The summed E-state index contributed by atoms with van der Waals surface area (Å²) in [6.07, 6.45) is 18.7. The van der Waals surface area contributed by atoms with Crippen LogP contribution in [0.3, 0.4) is 0 Å². The van der Waals surface area contributed by atoms with Crippen molar-refractivity contribution in [1.29, 1.82) is 0 Å². The molecule has 6 atom stereocenters. The molecule has 4 aromatic rings. The predicted octanol–water partition coefficient (Wildman–Crippen LogP) is 15.7. The highest BCUT2D eigenvalue weighted by molar-refractivity contribution is 5.98. The van der Waals surface area contributed by atoms with Gasteiger partial charge in [0.05, 0.1) is 18.9 Å². The second-order valence-corrected chi connectivity index (χ2v) is 26.2. The number of aliphatic hydroxyl groups excluding tert-OH is 1. The van der Waals surface area contributed by atoms with Gasteiger partial charge in [-0.3, -0.25) is 33.6 Å². The number of esters is 5. The summed E-state index contributed by atoms with van der Waals surface area (Å²) in [6, 6.07) is 30.2. The Kier molecular flexibility index (Phi) is 42.2. The molecule has 0 aliphatic carbocycles. The number of anilines is 1. The number of hydrogen-bond donors (Lipinski definition) is 4. The number of benzene rings is 4. The molecule has 0 unspecified atom stereocenters. The number of rotatable bonds is 53. The molecule has 5 rings (SSSR count). The first kappa shape index (κ1) is 82.2. The highest BCUT2D eigenvalue weighted by atomic mass is 16.7. The molecule has 3 amide bonds. The van der Waals surface area contributed by atoms with E-state index >= 15 is 0 Å². The number of unbranched alkanes of at least 4 members (excludes halogenated alkanes) is 24. The largest absolute Gasteiger partial charge is 0.461 e. The number of carbonyl (C=O) groups excluding carboxylic acids is 8. The van der Waals surface area contributed by atoms with Crippen LogP contribution in [-0.4, -0.2) is 102 Å². The molecule has 1 aliphatic heterocycles. The molecule has 1 heterocycles. The van der Waals surface area contributed by atoms with Crippen LogP contribution >= 0.6 is 0 Å². The number of ether oxygens (including phenoxy) is 7. The maximum atomic E-state index is 14.6. The lowest BCUT2D eigenvalue weighted by molar-refractivity contribution is -0.286. The molecule has 0 spiro atoms. The Bertz CT molecular complexity index is 2840. The molecule has 1 aliphatic rings. The molecule has 1 saturated heterocycles. The van der Waals surface area contributed by atoms with E-state index in [1.807, 2.05) is 18.2 Å². The summed E-state index contributed by atoms with van der Waals surface area (Å²) in [6.45, 7) is 5.54. The topological polar surface area (TPSA) is 257 Å². The quantitative estimate of drug-likeness (QED) is 0.0182. The summed E-state index contributed by atoms with van der Waals surface area (Å²) in [7, 11) is 0. The van der Waals surface area contributed by atoms with Crippen LogP contribution in [0.2, 0.25) is 0 Å². The molecule has 99 heavy (non-hydrogen) atoms. The second-order valence-electron chi connectivity index (χ2n) is 26.2. The van der Waals surface area contributed by atoms with Crippen molar-refractivity contribution in [2.24, 2.45) is 0 Å². The molecule has 4 N–H and O–H groups in total. The molecule has 0 bridgehead atoms. The SMILES string of the molecule is CCCCCCCCCCCCCC(=O)N[C@H]1[C@@H](OC(CC(=O)OCc2ccccc2)CC(=O)OCc2ccccc2)O[C@H](COC(=O)[C@@H](CCC(=O)OCc2ccccc2)NC(=O)c2ccc(NC(=O)CCCCCCC)cc2)[C@@H](O)[C@@H]1OC(=O)CCCCCCCCCCCCC. The Hall–Kier alpha value is -7.48. The minimum atomic E-state index is -1.81. The first-order valence-electron chi connectivity index (χ1n) is 37.2. The summed E-state index contributed by atoms with van der Waals surface area (Å²) in [5.41, 5.74) is 2.73. The van der Waals surface area contributed by atoms with Crippen LogP contribution in [0.25, 0.3) is 0 Å². The van der Waals surface area contributed by atoms with Crippen molar-refractivity contribution < 1.29 is 76.6 Å². The van der Waals surface area contributed by atoms with E-state index in [0.29, 0.717) is 36.1 Å². The zero-order valence-electron chi connectivity index (χ0n) is 59.5. The van der Waals surface area contributed by atoms with Gasteiger partial charge in [0.2, 0.25) is 11.8 Å². The van der Waals surface area contributed by atoms with Gasteiger partial charge in [0.25, 0.3) is 5.91 Å². The number of aliphatic hydroxyl groups is 1. The lowest BCUT2D eigenvalue weighted by atomic mass is 9.95. The van der Waals surface area contributed by atoms with Crippen molar-refractivity contribution in [3.63, 3.8) is 0 Å². The monoisotopic (exact) mass is 1370 g/mol. The zero-order valence-corrected chi connectivity index (χ0v) is 59.5. The highest BCUT2D eigenvalue weighted by Crippen LogP contribution is 2.29. The van der Waals surface area contributed by atoms with Crippen molar-refractivity contribution in [2.45, 2.75) is 302 Å². The highest BCUT2D eigenvalue weighted by Gasteiger charge is 2.50. The van der Waals surface area contributed by atoms with Gasteiger partial charge in [-0.15, -0.1) is 0 Å². The van der Waals surface area contributed by atoms with E-state index in [4.69, 9.17) is 33.2 Å². The van der Waals surface area contributed by atoms with Crippen molar-refractivity contribution in [3.8, 4) is 0 Å². The van der Waals surface area contributed by atoms with Gasteiger partial charge in [0.1, 0.15) is 50.7 Å². The third-order valence-corrected chi connectivity index (χ3v) is 17.7. The van der Waals surface area contributed by atoms with Crippen LogP contribution in [0.4, 0.5) is 5.69 Å². The van der Waals surface area contributed by atoms with Crippen LogP contribution in [0, 0.1) is 0 Å². The molecule has 19 heteroatoms. The van der Waals surface area contributed by atoms with Gasteiger partial charge in [0.15, 0.2) is 12.4 Å².